The molecular weight excluding hydrogens is 324 g/mol. The maximum Gasteiger partial charge on any atom is 0.238 e. The Morgan fingerprint density at radius 2 is 1.92 bits per heavy atom. The lowest BCUT2D eigenvalue weighted by Gasteiger charge is -2.11. The van der Waals surface area contributed by atoms with Crippen molar-refractivity contribution in [3.05, 3.63) is 42.5 Å². The normalized spacial score (nSPS) is 10.5. The van der Waals surface area contributed by atoms with E-state index in [1.165, 1.54) is 0 Å². The molecule has 0 radical (unpaired) electrons. The Hall–Kier alpha value is -2.25. The van der Waals surface area contributed by atoms with Crippen LogP contribution in [0.3, 0.4) is 0 Å². The molecule has 2 N–H and O–H groups in total. The molecule has 0 aliphatic rings. The van der Waals surface area contributed by atoms with E-state index in [-0.39, 0.29) is 6.10 Å². The maximum atomic E-state index is 5.59. The highest BCUT2D eigenvalue weighted by Gasteiger charge is 2.02. The number of anilines is 1. The number of rotatable bonds is 8. The molecule has 0 bridgehead atoms. The summed E-state index contributed by atoms with van der Waals surface area (Å²) >= 11 is 5.21. The van der Waals surface area contributed by atoms with Crippen molar-refractivity contribution >= 4 is 23.1 Å². The number of thiocarbonyl (C=S) groups is 1. The summed E-state index contributed by atoms with van der Waals surface area (Å²) in [5.74, 6) is 1.70. The summed E-state index contributed by atoms with van der Waals surface area (Å²) in [6.45, 7) is 5.48. The molecule has 0 atom stereocenters. The van der Waals surface area contributed by atoms with E-state index < -0.39 is 0 Å². The molecule has 2 rings (SSSR count). The van der Waals surface area contributed by atoms with Crippen LogP contribution in [0.15, 0.2) is 42.5 Å². The van der Waals surface area contributed by atoms with Gasteiger partial charge in [-0.05, 0) is 50.7 Å². The van der Waals surface area contributed by atoms with Crippen LogP contribution in [-0.4, -0.2) is 34.6 Å². The van der Waals surface area contributed by atoms with Crippen LogP contribution in [0.4, 0.5) is 5.82 Å². The molecule has 0 saturated heterocycles. The van der Waals surface area contributed by atoms with Crippen LogP contribution >= 0.6 is 12.2 Å². The molecule has 6 nitrogen and oxygen atoms in total. The topological polar surface area (TPSA) is 68.3 Å². The first-order valence-electron chi connectivity index (χ1n) is 7.86. The predicted molar refractivity (Wildman–Crippen MR) is 98.5 cm³/mol. The highest BCUT2D eigenvalue weighted by atomic mass is 32.1. The van der Waals surface area contributed by atoms with Crippen molar-refractivity contribution in [1.29, 1.82) is 0 Å². The van der Waals surface area contributed by atoms with Gasteiger partial charge in [-0.25, -0.2) is 0 Å². The molecule has 2 aromatic rings. The van der Waals surface area contributed by atoms with Gasteiger partial charge in [0.2, 0.25) is 5.88 Å². The van der Waals surface area contributed by atoms with Gasteiger partial charge in [0.15, 0.2) is 10.9 Å². The van der Waals surface area contributed by atoms with Crippen LogP contribution in [0.25, 0.3) is 0 Å². The third-order valence-electron chi connectivity index (χ3n) is 2.91. The van der Waals surface area contributed by atoms with E-state index in [4.69, 9.17) is 21.7 Å². The summed E-state index contributed by atoms with van der Waals surface area (Å²) in [6, 6.07) is 12.9. The van der Waals surface area contributed by atoms with Crippen molar-refractivity contribution in [2.75, 3.05) is 18.5 Å². The highest BCUT2D eigenvalue weighted by molar-refractivity contribution is 7.80. The molecule has 0 aliphatic heterocycles. The van der Waals surface area contributed by atoms with E-state index in [1.807, 2.05) is 44.2 Å². The molecule has 128 valence electrons. The Kier molecular flexibility index (Phi) is 7.38. The van der Waals surface area contributed by atoms with Gasteiger partial charge in [0.1, 0.15) is 5.75 Å². The lowest BCUT2D eigenvalue weighted by atomic mass is 10.3. The third kappa shape index (κ3) is 6.89. The monoisotopic (exact) mass is 346 g/mol. The second kappa shape index (κ2) is 9.79. The van der Waals surface area contributed by atoms with E-state index in [1.54, 1.807) is 12.1 Å². The lowest BCUT2D eigenvalue weighted by molar-refractivity contribution is 0.0777. The number of ether oxygens (including phenoxy) is 2. The standard InChI is InChI=1S/C17H22N4O2S/c1-13(2)22-12-6-11-18-17(24)19-15-9-10-16(21-20-15)23-14-7-4-3-5-8-14/h3-5,7-10,13H,6,11-12H2,1-2H3,(H2,18,19,20,24). The first kappa shape index (κ1) is 18.1. The van der Waals surface area contributed by atoms with Gasteiger partial charge in [-0.1, -0.05) is 18.2 Å². The predicted octanol–water partition coefficient (Wildman–Crippen LogP) is 3.37. The van der Waals surface area contributed by atoms with Gasteiger partial charge in [-0.15, -0.1) is 10.2 Å². The molecule has 0 fully saturated rings. The SMILES string of the molecule is CC(C)OCCCNC(=S)Nc1ccc(Oc2ccccc2)nn1. The van der Waals surface area contributed by atoms with Crippen LogP contribution in [0.1, 0.15) is 20.3 Å². The van der Waals surface area contributed by atoms with Gasteiger partial charge < -0.3 is 20.1 Å². The fraction of sp³-hybridized carbons (Fsp3) is 0.353. The number of para-hydroxylation sites is 1. The molecule has 1 aromatic carbocycles. The van der Waals surface area contributed by atoms with Crippen LogP contribution in [0.2, 0.25) is 0 Å². The average molecular weight is 346 g/mol. The number of aromatic nitrogens is 2. The molecule has 0 aliphatic carbocycles. The van der Waals surface area contributed by atoms with Crippen LogP contribution in [-0.2, 0) is 4.74 Å². The molecule has 1 aromatic heterocycles. The van der Waals surface area contributed by atoms with E-state index in [9.17, 15) is 0 Å². The Morgan fingerprint density at radius 3 is 2.58 bits per heavy atom. The number of nitrogens with zero attached hydrogens (tertiary/aromatic N) is 2. The highest BCUT2D eigenvalue weighted by Crippen LogP contribution is 2.18. The van der Waals surface area contributed by atoms with Gasteiger partial charge >= 0.3 is 0 Å². The Morgan fingerprint density at radius 1 is 1.12 bits per heavy atom. The summed E-state index contributed by atoms with van der Waals surface area (Å²) < 4.78 is 11.0. The summed E-state index contributed by atoms with van der Waals surface area (Å²) in [5.41, 5.74) is 0. The van der Waals surface area contributed by atoms with E-state index >= 15 is 0 Å². The zero-order valence-electron chi connectivity index (χ0n) is 13.9. The zero-order chi connectivity index (χ0) is 17.2. The minimum atomic E-state index is 0.252. The number of hydrogen-bond acceptors (Lipinski definition) is 5. The van der Waals surface area contributed by atoms with E-state index in [0.717, 1.165) is 13.0 Å². The molecule has 0 amide bonds. The largest absolute Gasteiger partial charge is 0.438 e. The summed E-state index contributed by atoms with van der Waals surface area (Å²) in [6.07, 6.45) is 1.14. The van der Waals surface area contributed by atoms with Gasteiger partial charge in [0.05, 0.1) is 6.10 Å². The second-order valence-corrected chi connectivity index (χ2v) is 5.73. The quantitative estimate of drug-likeness (QED) is 0.561. The van der Waals surface area contributed by atoms with Crippen LogP contribution < -0.4 is 15.4 Å². The van der Waals surface area contributed by atoms with Crippen molar-refractivity contribution in [3.8, 4) is 11.6 Å². The van der Waals surface area contributed by atoms with Gasteiger partial charge in [-0.3, -0.25) is 0 Å². The molecule has 0 saturated carbocycles. The Balaban J connectivity index is 1.72. The smallest absolute Gasteiger partial charge is 0.238 e. The number of benzene rings is 1. The second-order valence-electron chi connectivity index (χ2n) is 5.33. The molecular formula is C17H22N4O2S. The molecule has 0 unspecified atom stereocenters. The fourth-order valence-corrected chi connectivity index (χ4v) is 2.01. The van der Waals surface area contributed by atoms with E-state index in [0.29, 0.717) is 29.2 Å². The van der Waals surface area contributed by atoms with Gasteiger partial charge in [0.25, 0.3) is 0 Å². The van der Waals surface area contributed by atoms with Gasteiger partial charge in [-0.2, -0.15) is 0 Å². The van der Waals surface area contributed by atoms with Gasteiger partial charge in [0, 0.05) is 19.2 Å². The van der Waals surface area contributed by atoms with Crippen molar-refractivity contribution in [2.45, 2.75) is 26.4 Å². The van der Waals surface area contributed by atoms with E-state index in [2.05, 4.69) is 20.8 Å². The van der Waals surface area contributed by atoms with Crippen molar-refractivity contribution in [3.63, 3.8) is 0 Å². The molecule has 24 heavy (non-hydrogen) atoms. The Labute approximate surface area is 147 Å². The number of nitrogens with one attached hydrogen (secondary N) is 2. The molecule has 1 heterocycles. The number of hydrogen-bond donors (Lipinski definition) is 2. The third-order valence-corrected chi connectivity index (χ3v) is 3.15. The Bertz CT molecular complexity index is 620. The minimum Gasteiger partial charge on any atom is -0.438 e. The molecule has 0 spiro atoms. The van der Waals surface area contributed by atoms with Crippen molar-refractivity contribution in [2.24, 2.45) is 0 Å². The fourth-order valence-electron chi connectivity index (χ4n) is 1.80. The first-order chi connectivity index (χ1) is 11.6. The summed E-state index contributed by atoms with van der Waals surface area (Å²) in [5, 5.41) is 14.6. The average Bonchev–Trinajstić information content (AvgIpc) is 2.57. The molecule has 7 heteroatoms. The summed E-state index contributed by atoms with van der Waals surface area (Å²) in [4.78, 5) is 0. The minimum absolute atomic E-state index is 0.252. The zero-order valence-corrected chi connectivity index (χ0v) is 14.7. The van der Waals surface area contributed by atoms with Crippen LogP contribution in [0.5, 0.6) is 11.6 Å². The van der Waals surface area contributed by atoms with Crippen molar-refractivity contribution in [1.82, 2.24) is 15.5 Å². The maximum absolute atomic E-state index is 5.59. The summed E-state index contributed by atoms with van der Waals surface area (Å²) in [7, 11) is 0. The first-order valence-corrected chi connectivity index (χ1v) is 8.27. The van der Waals surface area contributed by atoms with Crippen molar-refractivity contribution < 1.29 is 9.47 Å². The lowest BCUT2D eigenvalue weighted by Crippen LogP contribution is -2.30. The van der Waals surface area contributed by atoms with Crippen LogP contribution in [0, 0.1) is 0 Å².